The maximum Gasteiger partial charge on any atom is 0.123 e. The van der Waals surface area contributed by atoms with E-state index in [2.05, 4.69) is 30.9 Å². The third-order valence-corrected chi connectivity index (χ3v) is 3.47. The predicted octanol–water partition coefficient (Wildman–Crippen LogP) is 2.43. The molecular weight excluding hydrogens is 267 g/mol. The van der Waals surface area contributed by atoms with Gasteiger partial charge in [0.05, 0.1) is 11.4 Å². The average Bonchev–Trinajstić information content (AvgIpc) is 2.87. The van der Waals surface area contributed by atoms with E-state index in [1.807, 2.05) is 10.7 Å². The standard InChI is InChI=1S/C16H23FN4/c1-16(2,11-18)12-20(3)10-15-8-9-19-21(15)14-6-4-13(17)5-7-14/h4-9H,10-12,18H2,1-3H3. The summed E-state index contributed by atoms with van der Waals surface area (Å²) in [5, 5.41) is 4.33. The van der Waals surface area contributed by atoms with Crippen molar-refractivity contribution < 1.29 is 4.39 Å². The van der Waals surface area contributed by atoms with Gasteiger partial charge in [-0.05, 0) is 49.3 Å². The minimum atomic E-state index is -0.241. The molecule has 0 radical (unpaired) electrons. The van der Waals surface area contributed by atoms with E-state index in [-0.39, 0.29) is 11.2 Å². The van der Waals surface area contributed by atoms with Crippen molar-refractivity contribution in [2.45, 2.75) is 20.4 Å². The number of hydrogen-bond acceptors (Lipinski definition) is 3. The van der Waals surface area contributed by atoms with E-state index in [0.29, 0.717) is 6.54 Å². The topological polar surface area (TPSA) is 47.1 Å². The van der Waals surface area contributed by atoms with Crippen molar-refractivity contribution in [2.75, 3.05) is 20.1 Å². The van der Waals surface area contributed by atoms with Crippen molar-refractivity contribution in [3.63, 3.8) is 0 Å². The molecule has 21 heavy (non-hydrogen) atoms. The SMILES string of the molecule is CN(Cc1ccnn1-c1ccc(F)cc1)CC(C)(C)CN. The summed E-state index contributed by atoms with van der Waals surface area (Å²) in [5.41, 5.74) is 7.79. The van der Waals surface area contributed by atoms with E-state index in [1.54, 1.807) is 18.3 Å². The van der Waals surface area contributed by atoms with E-state index in [9.17, 15) is 4.39 Å². The Morgan fingerprint density at radius 2 is 1.90 bits per heavy atom. The van der Waals surface area contributed by atoms with Gasteiger partial charge in [-0.2, -0.15) is 5.10 Å². The molecule has 0 saturated carbocycles. The Morgan fingerprint density at radius 3 is 2.52 bits per heavy atom. The molecule has 5 heteroatoms. The number of nitrogens with zero attached hydrogens (tertiary/aromatic N) is 3. The fraction of sp³-hybridized carbons (Fsp3) is 0.438. The number of aromatic nitrogens is 2. The van der Waals surface area contributed by atoms with E-state index in [4.69, 9.17) is 5.73 Å². The van der Waals surface area contributed by atoms with Crippen LogP contribution in [0.25, 0.3) is 5.69 Å². The fourth-order valence-corrected chi connectivity index (χ4v) is 2.39. The highest BCUT2D eigenvalue weighted by Gasteiger charge is 2.19. The molecule has 1 aromatic heterocycles. The van der Waals surface area contributed by atoms with E-state index < -0.39 is 0 Å². The Kier molecular flexibility index (Phi) is 4.75. The first-order valence-corrected chi connectivity index (χ1v) is 7.09. The molecule has 2 N–H and O–H groups in total. The molecule has 0 amide bonds. The average molecular weight is 290 g/mol. The molecule has 0 aliphatic carbocycles. The molecule has 2 aromatic rings. The van der Waals surface area contributed by atoms with Crippen LogP contribution in [0.2, 0.25) is 0 Å². The molecule has 0 bridgehead atoms. The first kappa shape index (κ1) is 15.7. The summed E-state index contributed by atoms with van der Waals surface area (Å²) >= 11 is 0. The lowest BCUT2D eigenvalue weighted by molar-refractivity contribution is 0.207. The van der Waals surface area contributed by atoms with Gasteiger partial charge in [-0.3, -0.25) is 4.90 Å². The van der Waals surface area contributed by atoms with Crippen LogP contribution in [0.5, 0.6) is 0 Å². The second-order valence-corrected chi connectivity index (χ2v) is 6.25. The molecule has 2 rings (SSSR count). The highest BCUT2D eigenvalue weighted by molar-refractivity contribution is 5.32. The molecule has 1 heterocycles. The monoisotopic (exact) mass is 290 g/mol. The lowest BCUT2D eigenvalue weighted by Gasteiger charge is -2.29. The van der Waals surface area contributed by atoms with Crippen LogP contribution >= 0.6 is 0 Å². The van der Waals surface area contributed by atoms with Crippen LogP contribution in [0.4, 0.5) is 4.39 Å². The Morgan fingerprint density at radius 1 is 1.24 bits per heavy atom. The van der Waals surface area contributed by atoms with Crippen molar-refractivity contribution in [2.24, 2.45) is 11.1 Å². The third-order valence-electron chi connectivity index (χ3n) is 3.47. The maximum absolute atomic E-state index is 13.0. The van der Waals surface area contributed by atoms with Crippen LogP contribution in [0.1, 0.15) is 19.5 Å². The van der Waals surface area contributed by atoms with Gasteiger partial charge in [-0.25, -0.2) is 9.07 Å². The van der Waals surface area contributed by atoms with Gasteiger partial charge < -0.3 is 5.73 Å². The lowest BCUT2D eigenvalue weighted by Crippen LogP contribution is -2.36. The van der Waals surface area contributed by atoms with Gasteiger partial charge in [0.15, 0.2) is 0 Å². The summed E-state index contributed by atoms with van der Waals surface area (Å²) in [6, 6.07) is 8.34. The zero-order chi connectivity index (χ0) is 15.5. The second-order valence-electron chi connectivity index (χ2n) is 6.25. The largest absolute Gasteiger partial charge is 0.330 e. The van der Waals surface area contributed by atoms with Crippen molar-refractivity contribution in [1.82, 2.24) is 14.7 Å². The molecule has 0 spiro atoms. The van der Waals surface area contributed by atoms with Crippen LogP contribution in [-0.2, 0) is 6.54 Å². The summed E-state index contributed by atoms with van der Waals surface area (Å²) in [5.74, 6) is -0.241. The van der Waals surface area contributed by atoms with Gasteiger partial charge >= 0.3 is 0 Å². The normalized spacial score (nSPS) is 12.1. The van der Waals surface area contributed by atoms with Crippen molar-refractivity contribution in [3.8, 4) is 5.69 Å². The van der Waals surface area contributed by atoms with Crippen LogP contribution in [-0.4, -0.2) is 34.8 Å². The smallest absolute Gasteiger partial charge is 0.123 e. The Hall–Kier alpha value is -1.72. The minimum absolute atomic E-state index is 0.0788. The van der Waals surface area contributed by atoms with Gasteiger partial charge in [0, 0.05) is 19.3 Å². The first-order chi connectivity index (χ1) is 9.91. The number of hydrogen-bond donors (Lipinski definition) is 1. The van der Waals surface area contributed by atoms with Gasteiger partial charge in [0.25, 0.3) is 0 Å². The zero-order valence-electron chi connectivity index (χ0n) is 12.9. The van der Waals surface area contributed by atoms with Crippen molar-refractivity contribution in [1.29, 1.82) is 0 Å². The van der Waals surface area contributed by atoms with E-state index in [1.165, 1.54) is 12.1 Å². The van der Waals surface area contributed by atoms with Gasteiger partial charge in [-0.15, -0.1) is 0 Å². The number of rotatable bonds is 6. The van der Waals surface area contributed by atoms with E-state index >= 15 is 0 Å². The molecule has 114 valence electrons. The number of benzene rings is 1. The van der Waals surface area contributed by atoms with Crippen LogP contribution in [0.3, 0.4) is 0 Å². The third kappa shape index (κ3) is 4.12. The first-order valence-electron chi connectivity index (χ1n) is 7.09. The highest BCUT2D eigenvalue weighted by Crippen LogP contribution is 2.17. The van der Waals surface area contributed by atoms with Crippen LogP contribution in [0, 0.1) is 11.2 Å². The zero-order valence-corrected chi connectivity index (χ0v) is 12.9. The van der Waals surface area contributed by atoms with Gasteiger partial charge in [0.2, 0.25) is 0 Å². The molecule has 0 atom stereocenters. The maximum atomic E-state index is 13.0. The number of halogens is 1. The van der Waals surface area contributed by atoms with Crippen molar-refractivity contribution in [3.05, 3.63) is 48.0 Å². The molecular formula is C16H23FN4. The Balaban J connectivity index is 2.12. The Labute approximate surface area is 125 Å². The summed E-state index contributed by atoms with van der Waals surface area (Å²) in [4.78, 5) is 2.23. The lowest BCUT2D eigenvalue weighted by atomic mass is 9.93. The van der Waals surface area contributed by atoms with Crippen molar-refractivity contribution >= 4 is 0 Å². The summed E-state index contributed by atoms with van der Waals surface area (Å²) < 4.78 is 14.9. The predicted molar refractivity (Wildman–Crippen MR) is 82.7 cm³/mol. The molecule has 0 unspecified atom stereocenters. The minimum Gasteiger partial charge on any atom is -0.330 e. The fourth-order valence-electron chi connectivity index (χ4n) is 2.39. The summed E-state index contributed by atoms with van der Waals surface area (Å²) in [6.45, 7) is 6.62. The molecule has 4 nitrogen and oxygen atoms in total. The van der Waals surface area contributed by atoms with Crippen LogP contribution < -0.4 is 5.73 Å². The Bertz CT molecular complexity index is 574. The van der Waals surface area contributed by atoms with E-state index in [0.717, 1.165) is 24.5 Å². The summed E-state index contributed by atoms with van der Waals surface area (Å²) in [6.07, 6.45) is 1.76. The molecule has 1 aromatic carbocycles. The molecule has 0 aliphatic rings. The molecule has 0 fully saturated rings. The number of nitrogens with two attached hydrogens (primary N) is 1. The molecule has 0 saturated heterocycles. The quantitative estimate of drug-likeness (QED) is 0.889. The van der Waals surface area contributed by atoms with Gasteiger partial charge in [-0.1, -0.05) is 13.8 Å². The summed E-state index contributed by atoms with van der Waals surface area (Å²) in [7, 11) is 2.07. The highest BCUT2D eigenvalue weighted by atomic mass is 19.1. The second kappa shape index (κ2) is 6.37. The van der Waals surface area contributed by atoms with Crippen LogP contribution in [0.15, 0.2) is 36.5 Å². The van der Waals surface area contributed by atoms with Gasteiger partial charge in [0.1, 0.15) is 5.82 Å². The molecule has 0 aliphatic heterocycles.